The molecule has 6 nitrogen and oxygen atoms in total. The second-order valence-corrected chi connectivity index (χ2v) is 4.64. The van der Waals surface area contributed by atoms with Gasteiger partial charge in [-0.2, -0.15) is 13.2 Å². The molecule has 2 heterocycles. The first kappa shape index (κ1) is 21.8. The number of aromatic nitrogens is 2. The SMILES string of the molecule is Cl.Cl.O=C(NCC(N1CCNCC1)C(F)(F)F)c1cnccn1. The Labute approximate surface area is 144 Å². The third kappa shape index (κ3) is 6.46. The van der Waals surface area contributed by atoms with Gasteiger partial charge in [0.25, 0.3) is 5.91 Å². The lowest BCUT2D eigenvalue weighted by molar-refractivity contribution is -0.183. The van der Waals surface area contributed by atoms with Crippen molar-refractivity contribution in [3.05, 3.63) is 24.3 Å². The lowest BCUT2D eigenvalue weighted by Crippen LogP contribution is -2.57. The zero-order valence-electron chi connectivity index (χ0n) is 12.0. The highest BCUT2D eigenvalue weighted by Crippen LogP contribution is 2.24. The molecule has 1 aromatic rings. The van der Waals surface area contributed by atoms with Crippen molar-refractivity contribution < 1.29 is 18.0 Å². The van der Waals surface area contributed by atoms with Gasteiger partial charge in [0.2, 0.25) is 0 Å². The molecule has 1 atom stereocenters. The molecule has 1 saturated heterocycles. The molecule has 0 radical (unpaired) electrons. The van der Waals surface area contributed by atoms with Gasteiger partial charge in [-0.05, 0) is 0 Å². The van der Waals surface area contributed by atoms with Crippen LogP contribution < -0.4 is 10.6 Å². The lowest BCUT2D eigenvalue weighted by atomic mass is 10.2. The maximum absolute atomic E-state index is 13.1. The number of piperazine rings is 1. The number of hydrogen-bond acceptors (Lipinski definition) is 5. The van der Waals surface area contributed by atoms with Crippen molar-refractivity contribution >= 4 is 30.7 Å². The Balaban J connectivity index is 0.00000242. The van der Waals surface area contributed by atoms with Crippen LogP contribution >= 0.6 is 24.8 Å². The van der Waals surface area contributed by atoms with Crippen molar-refractivity contribution in [3.63, 3.8) is 0 Å². The van der Waals surface area contributed by atoms with Gasteiger partial charge in [0.1, 0.15) is 11.7 Å². The van der Waals surface area contributed by atoms with E-state index in [1.54, 1.807) is 0 Å². The van der Waals surface area contributed by atoms with Crippen LogP contribution in [0.3, 0.4) is 0 Å². The second kappa shape index (κ2) is 9.86. The molecule has 2 rings (SSSR count). The first-order valence-corrected chi connectivity index (χ1v) is 6.54. The van der Waals surface area contributed by atoms with Gasteiger partial charge in [-0.1, -0.05) is 0 Å². The van der Waals surface area contributed by atoms with Gasteiger partial charge in [-0.15, -0.1) is 24.8 Å². The summed E-state index contributed by atoms with van der Waals surface area (Å²) >= 11 is 0. The van der Waals surface area contributed by atoms with Crippen molar-refractivity contribution in [2.45, 2.75) is 12.2 Å². The maximum atomic E-state index is 13.1. The van der Waals surface area contributed by atoms with Crippen LogP contribution in [0.1, 0.15) is 10.5 Å². The summed E-state index contributed by atoms with van der Waals surface area (Å²) in [7, 11) is 0. The van der Waals surface area contributed by atoms with Crippen molar-refractivity contribution in [2.24, 2.45) is 0 Å². The van der Waals surface area contributed by atoms with Crippen LogP contribution in [0, 0.1) is 0 Å². The number of rotatable bonds is 4. The fourth-order valence-electron chi connectivity index (χ4n) is 2.14. The van der Waals surface area contributed by atoms with Crippen LogP contribution in [-0.2, 0) is 0 Å². The Morgan fingerprint density at radius 1 is 1.30 bits per heavy atom. The van der Waals surface area contributed by atoms with Crippen LogP contribution in [0.15, 0.2) is 18.6 Å². The number of alkyl halides is 3. The van der Waals surface area contributed by atoms with Gasteiger partial charge in [0, 0.05) is 45.1 Å². The largest absolute Gasteiger partial charge is 0.405 e. The Bertz CT molecular complexity index is 472. The Kier molecular flexibility index (Phi) is 9.37. The molecule has 1 aliphatic rings. The zero-order chi connectivity index (χ0) is 15.3. The van der Waals surface area contributed by atoms with E-state index >= 15 is 0 Å². The molecule has 0 spiro atoms. The number of amides is 1. The summed E-state index contributed by atoms with van der Waals surface area (Å²) in [5.41, 5.74) is -0.00117. The summed E-state index contributed by atoms with van der Waals surface area (Å²) in [6.07, 6.45) is -0.488. The van der Waals surface area contributed by atoms with Gasteiger partial charge < -0.3 is 10.6 Å². The third-order valence-corrected chi connectivity index (χ3v) is 3.22. The molecule has 1 aliphatic heterocycles. The number of halogens is 5. The molecule has 2 N–H and O–H groups in total. The van der Waals surface area contributed by atoms with Crippen LogP contribution in [-0.4, -0.2) is 65.7 Å². The molecule has 1 aromatic heterocycles. The van der Waals surface area contributed by atoms with Crippen LogP contribution in [0.5, 0.6) is 0 Å². The average Bonchev–Trinajstić information content (AvgIpc) is 2.48. The maximum Gasteiger partial charge on any atom is 0.405 e. The monoisotopic (exact) mass is 375 g/mol. The molecule has 11 heteroatoms. The fourth-order valence-corrected chi connectivity index (χ4v) is 2.14. The first-order chi connectivity index (χ1) is 9.98. The highest BCUT2D eigenvalue weighted by Gasteiger charge is 2.43. The van der Waals surface area contributed by atoms with Gasteiger partial charge >= 0.3 is 6.18 Å². The van der Waals surface area contributed by atoms with Crippen LogP contribution in [0.4, 0.5) is 13.2 Å². The van der Waals surface area contributed by atoms with Gasteiger partial charge in [-0.25, -0.2) is 4.98 Å². The molecule has 1 fully saturated rings. The minimum absolute atomic E-state index is 0. The summed E-state index contributed by atoms with van der Waals surface area (Å²) in [6.45, 7) is 1.10. The second-order valence-electron chi connectivity index (χ2n) is 4.64. The molecule has 0 aromatic carbocycles. The van der Waals surface area contributed by atoms with Crippen molar-refractivity contribution in [1.82, 2.24) is 25.5 Å². The van der Waals surface area contributed by atoms with E-state index in [-0.39, 0.29) is 30.5 Å². The smallest absolute Gasteiger partial charge is 0.349 e. The predicted octanol–water partition coefficient (Wildman–Crippen LogP) is 0.886. The number of nitrogens with zero attached hydrogens (tertiary/aromatic N) is 3. The molecule has 132 valence electrons. The van der Waals surface area contributed by atoms with E-state index in [0.29, 0.717) is 26.2 Å². The van der Waals surface area contributed by atoms with Crippen LogP contribution in [0.2, 0.25) is 0 Å². The molecular weight excluding hydrogens is 358 g/mol. The molecular formula is C12H18Cl2F3N5O. The molecule has 23 heavy (non-hydrogen) atoms. The quantitative estimate of drug-likeness (QED) is 0.817. The van der Waals surface area contributed by atoms with Gasteiger partial charge in [0.05, 0.1) is 6.20 Å². The van der Waals surface area contributed by atoms with Gasteiger partial charge in [-0.3, -0.25) is 14.7 Å². The molecule has 1 unspecified atom stereocenters. The highest BCUT2D eigenvalue weighted by atomic mass is 35.5. The number of carbonyl (C=O) groups excluding carboxylic acids is 1. The van der Waals surface area contributed by atoms with E-state index in [1.165, 1.54) is 23.5 Å². The summed E-state index contributed by atoms with van der Waals surface area (Å²) < 4.78 is 39.3. The van der Waals surface area contributed by atoms with Crippen molar-refractivity contribution in [2.75, 3.05) is 32.7 Å². The number of hydrogen-bond donors (Lipinski definition) is 2. The zero-order valence-corrected chi connectivity index (χ0v) is 13.7. The Hall–Kier alpha value is -1.16. The fraction of sp³-hybridized carbons (Fsp3) is 0.583. The summed E-state index contributed by atoms with van der Waals surface area (Å²) in [6, 6.07) is -1.69. The van der Waals surface area contributed by atoms with E-state index in [0.717, 1.165) is 0 Å². The van der Waals surface area contributed by atoms with E-state index in [1.807, 2.05) is 0 Å². The molecule has 0 bridgehead atoms. The van der Waals surface area contributed by atoms with Crippen molar-refractivity contribution in [1.29, 1.82) is 0 Å². The molecule has 0 saturated carbocycles. The lowest BCUT2D eigenvalue weighted by Gasteiger charge is -2.35. The highest BCUT2D eigenvalue weighted by molar-refractivity contribution is 5.91. The summed E-state index contributed by atoms with van der Waals surface area (Å²) in [5.74, 6) is -0.660. The average molecular weight is 376 g/mol. The van der Waals surface area contributed by atoms with Gasteiger partial charge in [0.15, 0.2) is 0 Å². The summed E-state index contributed by atoms with van der Waals surface area (Å²) in [4.78, 5) is 20.5. The van der Waals surface area contributed by atoms with E-state index in [9.17, 15) is 18.0 Å². The van der Waals surface area contributed by atoms with Crippen LogP contribution in [0.25, 0.3) is 0 Å². The minimum atomic E-state index is -4.40. The standard InChI is InChI=1S/C12H16F3N5O.2ClH/c13-12(14,15)10(20-5-3-16-4-6-20)8-19-11(21)9-7-17-1-2-18-9;;/h1-2,7,10,16H,3-6,8H2,(H,19,21);2*1H. The topological polar surface area (TPSA) is 70.2 Å². The number of nitrogens with one attached hydrogen (secondary N) is 2. The number of carbonyl (C=O) groups is 1. The normalized spacial score (nSPS) is 16.7. The first-order valence-electron chi connectivity index (χ1n) is 6.54. The van der Waals surface area contributed by atoms with Crippen molar-refractivity contribution in [3.8, 4) is 0 Å². The van der Waals surface area contributed by atoms with E-state index in [4.69, 9.17) is 0 Å². The molecule has 1 amide bonds. The third-order valence-electron chi connectivity index (χ3n) is 3.22. The van der Waals surface area contributed by atoms with E-state index < -0.39 is 24.7 Å². The minimum Gasteiger partial charge on any atom is -0.349 e. The Morgan fingerprint density at radius 2 is 1.96 bits per heavy atom. The summed E-state index contributed by atoms with van der Waals surface area (Å²) in [5, 5.41) is 5.28. The van der Waals surface area contributed by atoms with E-state index in [2.05, 4.69) is 20.6 Å². The predicted molar refractivity (Wildman–Crippen MR) is 83.1 cm³/mol. The Morgan fingerprint density at radius 3 is 2.48 bits per heavy atom. The molecule has 0 aliphatic carbocycles.